The zero-order valence-electron chi connectivity index (χ0n) is 17.0. The van der Waals surface area contributed by atoms with Crippen LogP contribution in [-0.2, 0) is 14.6 Å². The Morgan fingerprint density at radius 1 is 1.13 bits per heavy atom. The molecule has 1 aromatic heterocycles. The van der Waals surface area contributed by atoms with Gasteiger partial charge >= 0.3 is 0 Å². The third-order valence-electron chi connectivity index (χ3n) is 4.42. The minimum absolute atomic E-state index is 0.130. The topological polar surface area (TPSA) is 116 Å². The number of tetrazole rings is 1. The monoisotopic (exact) mass is 429 g/mol. The SMILES string of the molecule is Cc1ccc(NC(=O)CCCOc2ccc(S(C)(=O)=O)cc2)cc1-n1nnnc1C. The Kier molecular flexibility index (Phi) is 6.46. The fraction of sp³-hybridized carbons (Fsp3) is 0.300. The van der Waals surface area contributed by atoms with Gasteiger partial charge in [-0.2, -0.15) is 4.68 Å². The molecule has 0 aliphatic carbocycles. The molecule has 0 aliphatic rings. The van der Waals surface area contributed by atoms with Gasteiger partial charge in [-0.25, -0.2) is 8.42 Å². The molecule has 1 amide bonds. The number of amides is 1. The molecular formula is C20H23N5O4S. The summed E-state index contributed by atoms with van der Waals surface area (Å²) < 4.78 is 30.1. The molecule has 1 heterocycles. The summed E-state index contributed by atoms with van der Waals surface area (Å²) in [5.41, 5.74) is 2.45. The van der Waals surface area contributed by atoms with Crippen molar-refractivity contribution >= 4 is 21.4 Å². The van der Waals surface area contributed by atoms with Crippen LogP contribution >= 0.6 is 0 Å². The van der Waals surface area contributed by atoms with Gasteiger partial charge in [-0.1, -0.05) is 6.07 Å². The number of anilines is 1. The van der Waals surface area contributed by atoms with Crippen LogP contribution in [0.25, 0.3) is 5.69 Å². The predicted octanol–water partition coefficient (Wildman–Crippen LogP) is 2.48. The second-order valence-corrected chi connectivity index (χ2v) is 8.90. The van der Waals surface area contributed by atoms with Crippen LogP contribution in [0.5, 0.6) is 5.75 Å². The number of aryl methyl sites for hydroxylation is 2. The van der Waals surface area contributed by atoms with Crippen LogP contribution in [0.3, 0.4) is 0 Å². The van der Waals surface area contributed by atoms with Crippen molar-refractivity contribution in [3.63, 3.8) is 0 Å². The molecule has 3 aromatic rings. The number of sulfone groups is 1. The van der Waals surface area contributed by atoms with E-state index in [2.05, 4.69) is 20.8 Å². The van der Waals surface area contributed by atoms with Crippen LogP contribution in [0.2, 0.25) is 0 Å². The maximum atomic E-state index is 12.2. The van der Waals surface area contributed by atoms with Gasteiger partial charge in [0.1, 0.15) is 5.75 Å². The van der Waals surface area contributed by atoms with Crippen LogP contribution < -0.4 is 10.1 Å². The standard InChI is InChI=1S/C20H23N5O4S/c1-14-6-7-16(13-19(14)25-15(2)22-23-24-25)21-20(26)5-4-12-29-17-8-10-18(11-9-17)30(3,27)28/h6-11,13H,4-5,12H2,1-3H3,(H,21,26). The third-order valence-corrected chi connectivity index (χ3v) is 5.54. The summed E-state index contributed by atoms with van der Waals surface area (Å²) >= 11 is 0. The number of nitrogens with zero attached hydrogens (tertiary/aromatic N) is 4. The maximum absolute atomic E-state index is 12.2. The molecule has 30 heavy (non-hydrogen) atoms. The van der Waals surface area contributed by atoms with E-state index in [4.69, 9.17) is 4.74 Å². The van der Waals surface area contributed by atoms with Crippen molar-refractivity contribution in [3.8, 4) is 11.4 Å². The first kappa shape index (κ1) is 21.4. The number of carbonyl (C=O) groups excluding carboxylic acids is 1. The van der Waals surface area contributed by atoms with Gasteiger partial charge in [0.25, 0.3) is 0 Å². The van der Waals surface area contributed by atoms with Crippen molar-refractivity contribution in [3.05, 3.63) is 53.9 Å². The minimum Gasteiger partial charge on any atom is -0.494 e. The summed E-state index contributed by atoms with van der Waals surface area (Å²) in [5.74, 6) is 1.08. The summed E-state index contributed by atoms with van der Waals surface area (Å²) in [7, 11) is -3.23. The lowest BCUT2D eigenvalue weighted by Crippen LogP contribution is -2.13. The van der Waals surface area contributed by atoms with Gasteiger partial charge < -0.3 is 10.1 Å². The quantitative estimate of drug-likeness (QED) is 0.547. The fourth-order valence-corrected chi connectivity index (χ4v) is 3.43. The third kappa shape index (κ3) is 5.41. The van der Waals surface area contributed by atoms with Gasteiger partial charge in [0, 0.05) is 18.4 Å². The van der Waals surface area contributed by atoms with E-state index in [9.17, 15) is 13.2 Å². The van der Waals surface area contributed by atoms with Gasteiger partial charge in [0.15, 0.2) is 15.7 Å². The molecule has 158 valence electrons. The molecule has 0 saturated heterocycles. The molecule has 0 fully saturated rings. The number of benzene rings is 2. The lowest BCUT2D eigenvalue weighted by molar-refractivity contribution is -0.116. The highest BCUT2D eigenvalue weighted by atomic mass is 32.2. The number of hydrogen-bond acceptors (Lipinski definition) is 7. The molecule has 2 aromatic carbocycles. The predicted molar refractivity (Wildman–Crippen MR) is 112 cm³/mol. The van der Waals surface area contributed by atoms with E-state index in [-0.39, 0.29) is 17.2 Å². The van der Waals surface area contributed by atoms with Crippen LogP contribution in [0.4, 0.5) is 5.69 Å². The molecule has 10 heteroatoms. The Balaban J connectivity index is 1.50. The van der Waals surface area contributed by atoms with Crippen molar-refractivity contribution < 1.29 is 17.9 Å². The van der Waals surface area contributed by atoms with Crippen molar-refractivity contribution in [2.45, 2.75) is 31.6 Å². The molecule has 9 nitrogen and oxygen atoms in total. The number of carbonyl (C=O) groups is 1. The van der Waals surface area contributed by atoms with Gasteiger partial charge in [0.05, 0.1) is 17.2 Å². The second-order valence-electron chi connectivity index (χ2n) is 6.88. The van der Waals surface area contributed by atoms with E-state index in [0.29, 0.717) is 30.3 Å². The molecule has 0 bridgehead atoms. The number of nitrogens with one attached hydrogen (secondary N) is 1. The summed E-state index contributed by atoms with van der Waals surface area (Å²) in [6.07, 6.45) is 1.96. The first-order chi connectivity index (χ1) is 14.2. The summed E-state index contributed by atoms with van der Waals surface area (Å²) in [5, 5.41) is 14.4. The van der Waals surface area contributed by atoms with Gasteiger partial charge in [-0.3, -0.25) is 4.79 Å². The van der Waals surface area contributed by atoms with Gasteiger partial charge in [0.2, 0.25) is 5.91 Å². The average Bonchev–Trinajstić information content (AvgIpc) is 3.12. The number of ether oxygens (including phenoxy) is 1. The molecule has 3 rings (SSSR count). The van der Waals surface area contributed by atoms with E-state index in [1.54, 1.807) is 23.7 Å². The largest absolute Gasteiger partial charge is 0.494 e. The highest BCUT2D eigenvalue weighted by Crippen LogP contribution is 2.20. The number of aromatic nitrogens is 4. The molecular weight excluding hydrogens is 406 g/mol. The molecule has 0 spiro atoms. The molecule has 0 unspecified atom stereocenters. The first-order valence-corrected chi connectivity index (χ1v) is 11.2. The lowest BCUT2D eigenvalue weighted by atomic mass is 10.1. The van der Waals surface area contributed by atoms with E-state index in [0.717, 1.165) is 17.5 Å². The van der Waals surface area contributed by atoms with E-state index in [1.165, 1.54) is 12.1 Å². The molecule has 0 atom stereocenters. The van der Waals surface area contributed by atoms with Crippen molar-refractivity contribution in [1.82, 2.24) is 20.2 Å². The number of rotatable bonds is 8. The van der Waals surface area contributed by atoms with Crippen molar-refractivity contribution in [2.24, 2.45) is 0 Å². The smallest absolute Gasteiger partial charge is 0.224 e. The van der Waals surface area contributed by atoms with Crippen LogP contribution in [0, 0.1) is 13.8 Å². The Morgan fingerprint density at radius 3 is 2.50 bits per heavy atom. The molecule has 1 N–H and O–H groups in total. The molecule has 0 saturated carbocycles. The molecule has 0 radical (unpaired) electrons. The first-order valence-electron chi connectivity index (χ1n) is 9.33. The summed E-state index contributed by atoms with van der Waals surface area (Å²) in [6.45, 7) is 4.09. The van der Waals surface area contributed by atoms with Gasteiger partial charge in [-0.05, 0) is 72.7 Å². The zero-order chi connectivity index (χ0) is 21.7. The van der Waals surface area contributed by atoms with Gasteiger partial charge in [-0.15, -0.1) is 5.10 Å². The highest BCUT2D eigenvalue weighted by molar-refractivity contribution is 7.90. The summed E-state index contributed by atoms with van der Waals surface area (Å²) in [4.78, 5) is 12.5. The van der Waals surface area contributed by atoms with E-state index in [1.807, 2.05) is 25.1 Å². The fourth-order valence-electron chi connectivity index (χ4n) is 2.80. The Bertz CT molecular complexity index is 1140. The normalized spacial score (nSPS) is 11.3. The Morgan fingerprint density at radius 2 is 1.87 bits per heavy atom. The highest BCUT2D eigenvalue weighted by Gasteiger charge is 2.10. The number of hydrogen-bond donors (Lipinski definition) is 1. The Hall–Kier alpha value is -3.27. The molecule has 0 aliphatic heterocycles. The van der Waals surface area contributed by atoms with E-state index >= 15 is 0 Å². The second kappa shape index (κ2) is 9.04. The minimum atomic E-state index is -3.23. The van der Waals surface area contributed by atoms with Crippen molar-refractivity contribution in [1.29, 1.82) is 0 Å². The van der Waals surface area contributed by atoms with Crippen LogP contribution in [0.1, 0.15) is 24.2 Å². The lowest BCUT2D eigenvalue weighted by Gasteiger charge is -2.11. The summed E-state index contributed by atoms with van der Waals surface area (Å²) in [6, 6.07) is 11.8. The maximum Gasteiger partial charge on any atom is 0.224 e. The zero-order valence-corrected chi connectivity index (χ0v) is 17.8. The average molecular weight is 430 g/mol. The van der Waals surface area contributed by atoms with Crippen LogP contribution in [0.15, 0.2) is 47.4 Å². The van der Waals surface area contributed by atoms with Crippen molar-refractivity contribution in [2.75, 3.05) is 18.2 Å². The Labute approximate surface area is 175 Å². The van der Waals surface area contributed by atoms with E-state index < -0.39 is 9.84 Å². The van der Waals surface area contributed by atoms with Crippen LogP contribution in [-0.4, -0.2) is 47.4 Å².